The van der Waals surface area contributed by atoms with Crippen molar-refractivity contribution >= 4 is 12.1 Å². The van der Waals surface area contributed by atoms with E-state index < -0.39 is 12.3 Å². The molecule has 0 aromatic heterocycles. The van der Waals surface area contributed by atoms with Crippen molar-refractivity contribution in [2.24, 2.45) is 0 Å². The van der Waals surface area contributed by atoms with Gasteiger partial charge in [-0.15, -0.1) is 0 Å². The smallest absolute Gasteiger partial charge is 0.433 e. The molecule has 0 spiro atoms. The Hall–Kier alpha value is -3.26. The number of hydroxylamine groups is 1. The predicted octanol–water partition coefficient (Wildman–Crippen LogP) is 2.23. The van der Waals surface area contributed by atoms with Gasteiger partial charge < -0.3 is 19.7 Å². The molecule has 0 saturated carbocycles. The maximum atomic E-state index is 11.9. The number of carbonyl (C=O) groups is 2. The summed E-state index contributed by atoms with van der Waals surface area (Å²) in [4.78, 5) is 24.4. The first-order valence-corrected chi connectivity index (χ1v) is 8.06. The summed E-state index contributed by atoms with van der Waals surface area (Å²) in [6.45, 7) is 1.05. The molecule has 136 valence electrons. The summed E-state index contributed by atoms with van der Waals surface area (Å²) in [7, 11) is 0. The van der Waals surface area contributed by atoms with Crippen LogP contribution in [0.5, 0.6) is 5.75 Å². The molecule has 3 amide bonds. The Balaban J connectivity index is 1.51. The van der Waals surface area contributed by atoms with Gasteiger partial charge in [-0.25, -0.2) is 15.1 Å². The Kier molecular flexibility index (Phi) is 5.55. The van der Waals surface area contributed by atoms with Crippen LogP contribution >= 0.6 is 0 Å². The minimum absolute atomic E-state index is 0.193. The molecule has 1 atom stereocenters. The topological polar surface area (TPSA) is 100 Å². The van der Waals surface area contributed by atoms with E-state index in [2.05, 4.69) is 5.32 Å². The van der Waals surface area contributed by atoms with Crippen LogP contribution in [-0.2, 0) is 17.9 Å². The Bertz CT molecular complexity index is 751. The third-order valence-corrected chi connectivity index (χ3v) is 3.84. The molecule has 26 heavy (non-hydrogen) atoms. The normalized spacial score (nSPS) is 16.1. The third-order valence-electron chi connectivity index (χ3n) is 3.84. The second-order valence-corrected chi connectivity index (χ2v) is 5.75. The predicted molar refractivity (Wildman–Crippen MR) is 91.3 cm³/mol. The molecule has 2 aromatic rings. The van der Waals surface area contributed by atoms with E-state index in [-0.39, 0.29) is 12.6 Å². The summed E-state index contributed by atoms with van der Waals surface area (Å²) < 4.78 is 10.5. The van der Waals surface area contributed by atoms with Gasteiger partial charge in [0.1, 0.15) is 12.4 Å². The zero-order valence-corrected chi connectivity index (χ0v) is 13.9. The number of rotatable bonds is 6. The molecule has 1 aliphatic heterocycles. The van der Waals surface area contributed by atoms with Crippen LogP contribution in [-0.4, -0.2) is 35.0 Å². The summed E-state index contributed by atoms with van der Waals surface area (Å²) in [6, 6.07) is 17.0. The number of ether oxygens (including phenoxy) is 2. The van der Waals surface area contributed by atoms with E-state index in [0.29, 0.717) is 13.2 Å². The van der Waals surface area contributed by atoms with Crippen molar-refractivity contribution < 1.29 is 24.3 Å². The molecule has 0 aliphatic carbocycles. The molecular formula is C18H19N3O5. The average molecular weight is 357 g/mol. The van der Waals surface area contributed by atoms with Crippen LogP contribution in [0.25, 0.3) is 0 Å². The molecule has 1 saturated heterocycles. The summed E-state index contributed by atoms with van der Waals surface area (Å²) in [5.41, 5.74) is 3.36. The first-order chi connectivity index (χ1) is 12.6. The minimum Gasteiger partial charge on any atom is -0.489 e. The third kappa shape index (κ3) is 4.64. The molecule has 8 heteroatoms. The number of hydrogen-bond donors (Lipinski definition) is 3. The van der Waals surface area contributed by atoms with Gasteiger partial charge in [0, 0.05) is 6.54 Å². The van der Waals surface area contributed by atoms with Crippen LogP contribution in [0.4, 0.5) is 9.59 Å². The van der Waals surface area contributed by atoms with Gasteiger partial charge in [0.25, 0.3) is 0 Å². The number of hydrogen-bond acceptors (Lipinski definition) is 5. The van der Waals surface area contributed by atoms with E-state index >= 15 is 0 Å². The maximum absolute atomic E-state index is 11.9. The van der Waals surface area contributed by atoms with Gasteiger partial charge in [-0.3, -0.25) is 5.21 Å². The van der Waals surface area contributed by atoms with Gasteiger partial charge in [-0.2, -0.15) is 0 Å². The lowest BCUT2D eigenvalue weighted by Gasteiger charge is -2.15. The zero-order chi connectivity index (χ0) is 18.4. The van der Waals surface area contributed by atoms with Crippen molar-refractivity contribution in [2.45, 2.75) is 19.4 Å². The number of benzene rings is 2. The van der Waals surface area contributed by atoms with Crippen molar-refractivity contribution in [3.63, 3.8) is 0 Å². The fourth-order valence-corrected chi connectivity index (χ4v) is 2.57. The Morgan fingerprint density at radius 2 is 1.88 bits per heavy atom. The highest BCUT2D eigenvalue weighted by Crippen LogP contribution is 2.17. The molecule has 0 bridgehead atoms. The van der Waals surface area contributed by atoms with Gasteiger partial charge in [-0.05, 0) is 23.3 Å². The van der Waals surface area contributed by atoms with Gasteiger partial charge in [0.15, 0.2) is 6.23 Å². The Labute approximate surface area is 150 Å². The van der Waals surface area contributed by atoms with E-state index in [0.717, 1.165) is 16.9 Å². The molecule has 1 fully saturated rings. The molecule has 1 heterocycles. The summed E-state index contributed by atoms with van der Waals surface area (Å²) in [6.07, 6.45) is -1.82. The number of carbonyl (C=O) groups excluding carboxylic acids is 2. The van der Waals surface area contributed by atoms with Crippen LogP contribution in [0.15, 0.2) is 54.6 Å². The summed E-state index contributed by atoms with van der Waals surface area (Å²) in [5, 5.41) is 10.9. The number of nitrogens with one attached hydrogen (secondary N) is 2. The number of nitrogens with zero attached hydrogens (tertiary/aromatic N) is 1. The summed E-state index contributed by atoms with van der Waals surface area (Å²) in [5.74, 6) is 0.740. The van der Waals surface area contributed by atoms with Gasteiger partial charge in [-0.1, -0.05) is 42.5 Å². The van der Waals surface area contributed by atoms with E-state index in [9.17, 15) is 9.59 Å². The fourth-order valence-electron chi connectivity index (χ4n) is 2.57. The number of urea groups is 1. The monoisotopic (exact) mass is 357 g/mol. The molecule has 8 nitrogen and oxygen atoms in total. The molecular weight excluding hydrogens is 338 g/mol. The lowest BCUT2D eigenvalue weighted by molar-refractivity contribution is 0.0524. The van der Waals surface area contributed by atoms with Crippen LogP contribution in [0.3, 0.4) is 0 Å². The van der Waals surface area contributed by atoms with Crippen molar-refractivity contribution in [2.75, 3.05) is 6.54 Å². The van der Waals surface area contributed by atoms with Crippen LogP contribution in [0, 0.1) is 0 Å². The highest BCUT2D eigenvalue weighted by Gasteiger charge is 2.31. The molecule has 2 aromatic carbocycles. The fraction of sp³-hybridized carbons (Fsp3) is 0.222. The van der Waals surface area contributed by atoms with Gasteiger partial charge >= 0.3 is 12.1 Å². The van der Waals surface area contributed by atoms with E-state index in [1.165, 1.54) is 10.4 Å². The Morgan fingerprint density at radius 3 is 2.58 bits per heavy atom. The van der Waals surface area contributed by atoms with Gasteiger partial charge in [0.05, 0.1) is 6.54 Å². The molecule has 0 radical (unpaired) electrons. The first kappa shape index (κ1) is 17.6. The maximum Gasteiger partial charge on any atom is 0.433 e. The molecule has 3 rings (SSSR count). The van der Waals surface area contributed by atoms with Gasteiger partial charge in [0.2, 0.25) is 0 Å². The largest absolute Gasteiger partial charge is 0.489 e. The highest BCUT2D eigenvalue weighted by atomic mass is 16.6. The van der Waals surface area contributed by atoms with E-state index in [1.54, 1.807) is 0 Å². The lowest BCUT2D eigenvalue weighted by Crippen LogP contribution is -2.34. The first-order valence-electron chi connectivity index (χ1n) is 8.06. The van der Waals surface area contributed by atoms with Crippen molar-refractivity contribution in [1.29, 1.82) is 0 Å². The standard InChI is InChI=1S/C18H19N3O5/c22-17-19-16(26-18(23)20-24)11-21(17)10-13-6-8-15(9-7-13)25-12-14-4-2-1-3-5-14/h1-9,16,24H,10-12H2,(H,19,22)(H,20,23)/t16-/m1/s1. The second kappa shape index (κ2) is 8.21. The van der Waals surface area contributed by atoms with Crippen molar-refractivity contribution in [3.8, 4) is 5.75 Å². The number of amides is 3. The highest BCUT2D eigenvalue weighted by molar-refractivity contribution is 5.77. The molecule has 0 unspecified atom stereocenters. The van der Waals surface area contributed by atoms with Crippen molar-refractivity contribution in [3.05, 3.63) is 65.7 Å². The zero-order valence-electron chi connectivity index (χ0n) is 13.9. The quantitative estimate of drug-likeness (QED) is 0.544. The van der Waals surface area contributed by atoms with Crippen molar-refractivity contribution in [1.82, 2.24) is 15.7 Å². The second-order valence-electron chi connectivity index (χ2n) is 5.75. The molecule has 1 aliphatic rings. The van der Waals surface area contributed by atoms with E-state index in [4.69, 9.17) is 14.7 Å². The van der Waals surface area contributed by atoms with Crippen LogP contribution < -0.4 is 15.5 Å². The SMILES string of the molecule is O=C(NO)O[C@@H]1CN(Cc2ccc(OCc3ccccc3)cc2)C(=O)N1. The van der Waals surface area contributed by atoms with Crippen LogP contribution in [0.2, 0.25) is 0 Å². The molecule has 3 N–H and O–H groups in total. The summed E-state index contributed by atoms with van der Waals surface area (Å²) >= 11 is 0. The van der Waals surface area contributed by atoms with Crippen LogP contribution in [0.1, 0.15) is 11.1 Å². The minimum atomic E-state index is -1.02. The average Bonchev–Trinajstić information content (AvgIpc) is 3.00. The lowest BCUT2D eigenvalue weighted by atomic mass is 10.2. The Morgan fingerprint density at radius 1 is 1.15 bits per heavy atom. The van der Waals surface area contributed by atoms with E-state index in [1.807, 2.05) is 54.6 Å².